The van der Waals surface area contributed by atoms with Gasteiger partial charge < -0.3 is 5.32 Å². The predicted molar refractivity (Wildman–Crippen MR) is 74.5 cm³/mol. The molecule has 0 aliphatic rings. The molecular formula is C14H16N2OS. The van der Waals surface area contributed by atoms with Gasteiger partial charge in [0.25, 0.3) is 5.91 Å². The van der Waals surface area contributed by atoms with Gasteiger partial charge in [-0.2, -0.15) is 5.26 Å². The Kier molecular flexibility index (Phi) is 6.67. The minimum Gasteiger partial charge on any atom is -0.352 e. The largest absolute Gasteiger partial charge is 0.352 e. The molecule has 0 spiro atoms. The standard InChI is InChI=1S/C14H16N2OS/c1-2-3-6-10-16-14(17)12-7-4-5-8-13(12)18-11-9-15/h2-5,7-8H,6,10-11H2,1H3,(H,16,17)/b3-2+. The van der Waals surface area contributed by atoms with Crippen molar-refractivity contribution in [2.45, 2.75) is 18.2 Å². The summed E-state index contributed by atoms with van der Waals surface area (Å²) in [5, 5.41) is 11.4. The Morgan fingerprint density at radius 3 is 3.00 bits per heavy atom. The normalized spacial score (nSPS) is 10.2. The number of carbonyl (C=O) groups excluding carboxylic acids is 1. The molecule has 18 heavy (non-hydrogen) atoms. The van der Waals surface area contributed by atoms with Crippen LogP contribution in [-0.4, -0.2) is 18.2 Å². The molecule has 0 bridgehead atoms. The first-order valence-corrected chi connectivity index (χ1v) is 6.76. The summed E-state index contributed by atoms with van der Waals surface area (Å²) >= 11 is 1.38. The summed E-state index contributed by atoms with van der Waals surface area (Å²) in [5.74, 6) is 0.267. The number of hydrogen-bond acceptors (Lipinski definition) is 3. The second kappa shape index (κ2) is 8.37. The van der Waals surface area contributed by atoms with Crippen LogP contribution in [0, 0.1) is 11.3 Å². The zero-order valence-corrected chi connectivity index (χ0v) is 11.2. The summed E-state index contributed by atoms with van der Waals surface area (Å²) in [4.78, 5) is 12.8. The molecule has 0 heterocycles. The maximum absolute atomic E-state index is 12.0. The lowest BCUT2D eigenvalue weighted by Crippen LogP contribution is -2.24. The number of allylic oxidation sites excluding steroid dienone is 1. The van der Waals surface area contributed by atoms with E-state index in [9.17, 15) is 4.79 Å². The second-order valence-electron chi connectivity index (χ2n) is 3.56. The van der Waals surface area contributed by atoms with Gasteiger partial charge in [-0.1, -0.05) is 24.3 Å². The number of hydrogen-bond donors (Lipinski definition) is 1. The number of carbonyl (C=O) groups is 1. The molecule has 0 radical (unpaired) electrons. The first kappa shape index (κ1) is 14.3. The van der Waals surface area contributed by atoms with E-state index in [1.54, 1.807) is 6.07 Å². The highest BCUT2D eigenvalue weighted by atomic mass is 32.2. The molecule has 1 aromatic rings. The summed E-state index contributed by atoms with van der Waals surface area (Å²) in [5.41, 5.74) is 0.637. The van der Waals surface area contributed by atoms with E-state index in [4.69, 9.17) is 5.26 Å². The summed E-state index contributed by atoms with van der Waals surface area (Å²) in [6.45, 7) is 2.58. The van der Waals surface area contributed by atoms with E-state index in [0.717, 1.165) is 11.3 Å². The lowest BCUT2D eigenvalue weighted by Gasteiger charge is -2.07. The van der Waals surface area contributed by atoms with E-state index < -0.39 is 0 Å². The molecule has 1 rings (SSSR count). The number of benzene rings is 1. The van der Waals surface area contributed by atoms with Crippen LogP contribution in [0.5, 0.6) is 0 Å². The number of thioether (sulfide) groups is 1. The topological polar surface area (TPSA) is 52.9 Å². The molecule has 0 saturated carbocycles. The van der Waals surface area contributed by atoms with Crippen LogP contribution < -0.4 is 5.32 Å². The first-order chi connectivity index (χ1) is 8.79. The zero-order chi connectivity index (χ0) is 13.2. The minimum atomic E-state index is -0.0828. The van der Waals surface area contributed by atoms with Gasteiger partial charge in [0.1, 0.15) is 0 Å². The van der Waals surface area contributed by atoms with Crippen LogP contribution in [0.3, 0.4) is 0 Å². The van der Waals surface area contributed by atoms with Gasteiger partial charge in [-0.25, -0.2) is 0 Å². The van der Waals surface area contributed by atoms with E-state index in [-0.39, 0.29) is 5.91 Å². The van der Waals surface area contributed by atoms with E-state index in [1.807, 2.05) is 37.3 Å². The van der Waals surface area contributed by atoms with E-state index >= 15 is 0 Å². The molecule has 0 atom stereocenters. The molecular weight excluding hydrogens is 244 g/mol. The summed E-state index contributed by atoms with van der Waals surface area (Å²) in [7, 11) is 0. The molecule has 1 N–H and O–H groups in total. The lowest BCUT2D eigenvalue weighted by atomic mass is 10.2. The van der Waals surface area contributed by atoms with Crippen molar-refractivity contribution in [3.63, 3.8) is 0 Å². The Balaban J connectivity index is 2.64. The summed E-state index contributed by atoms with van der Waals surface area (Å²) in [6.07, 6.45) is 4.80. The summed E-state index contributed by atoms with van der Waals surface area (Å²) < 4.78 is 0. The molecule has 0 fully saturated rings. The van der Waals surface area contributed by atoms with Crippen molar-refractivity contribution in [2.24, 2.45) is 0 Å². The van der Waals surface area contributed by atoms with Crippen LogP contribution in [0.25, 0.3) is 0 Å². The van der Waals surface area contributed by atoms with Gasteiger partial charge in [-0.15, -0.1) is 11.8 Å². The Bertz CT molecular complexity index is 463. The smallest absolute Gasteiger partial charge is 0.252 e. The Labute approximate surface area is 112 Å². The van der Waals surface area contributed by atoms with Gasteiger partial charge in [-0.3, -0.25) is 4.79 Å². The van der Waals surface area contributed by atoms with Crippen molar-refractivity contribution < 1.29 is 4.79 Å². The van der Waals surface area contributed by atoms with Gasteiger partial charge >= 0.3 is 0 Å². The lowest BCUT2D eigenvalue weighted by molar-refractivity contribution is 0.0951. The highest BCUT2D eigenvalue weighted by molar-refractivity contribution is 7.99. The fraction of sp³-hybridized carbons (Fsp3) is 0.286. The first-order valence-electron chi connectivity index (χ1n) is 5.77. The van der Waals surface area contributed by atoms with Crippen molar-refractivity contribution in [2.75, 3.05) is 12.3 Å². The quantitative estimate of drug-likeness (QED) is 0.486. The van der Waals surface area contributed by atoms with Crippen LogP contribution in [0.15, 0.2) is 41.3 Å². The third kappa shape index (κ3) is 4.64. The zero-order valence-electron chi connectivity index (χ0n) is 10.3. The van der Waals surface area contributed by atoms with Gasteiger partial charge in [0, 0.05) is 11.4 Å². The van der Waals surface area contributed by atoms with Crippen LogP contribution in [0.1, 0.15) is 23.7 Å². The van der Waals surface area contributed by atoms with E-state index in [1.165, 1.54) is 11.8 Å². The average molecular weight is 260 g/mol. The van der Waals surface area contributed by atoms with Gasteiger partial charge in [0.15, 0.2) is 0 Å². The van der Waals surface area contributed by atoms with Crippen molar-refractivity contribution in [1.82, 2.24) is 5.32 Å². The number of nitrogens with zero attached hydrogens (tertiary/aromatic N) is 1. The Hall–Kier alpha value is -1.73. The van der Waals surface area contributed by atoms with E-state index in [0.29, 0.717) is 17.9 Å². The van der Waals surface area contributed by atoms with Crippen molar-refractivity contribution >= 4 is 17.7 Å². The number of rotatable bonds is 6. The molecule has 4 heteroatoms. The Morgan fingerprint density at radius 2 is 2.28 bits per heavy atom. The number of nitriles is 1. The molecule has 1 amide bonds. The molecule has 0 aliphatic carbocycles. The Morgan fingerprint density at radius 1 is 1.50 bits per heavy atom. The predicted octanol–water partition coefficient (Wildman–Crippen LogP) is 3.00. The highest BCUT2D eigenvalue weighted by Crippen LogP contribution is 2.21. The second-order valence-corrected chi connectivity index (χ2v) is 4.57. The summed E-state index contributed by atoms with van der Waals surface area (Å²) in [6, 6.07) is 9.41. The molecule has 94 valence electrons. The van der Waals surface area contributed by atoms with Crippen molar-refractivity contribution in [1.29, 1.82) is 5.26 Å². The molecule has 0 unspecified atom stereocenters. The third-order valence-corrected chi connectivity index (χ3v) is 3.20. The fourth-order valence-corrected chi connectivity index (χ4v) is 2.13. The van der Waals surface area contributed by atoms with Crippen LogP contribution in [0.2, 0.25) is 0 Å². The number of nitrogens with one attached hydrogen (secondary N) is 1. The van der Waals surface area contributed by atoms with Crippen LogP contribution >= 0.6 is 11.8 Å². The average Bonchev–Trinajstić information content (AvgIpc) is 2.41. The van der Waals surface area contributed by atoms with Gasteiger partial charge in [0.05, 0.1) is 17.4 Å². The van der Waals surface area contributed by atoms with E-state index in [2.05, 4.69) is 11.4 Å². The van der Waals surface area contributed by atoms with Crippen molar-refractivity contribution in [3.05, 3.63) is 42.0 Å². The molecule has 0 aromatic heterocycles. The highest BCUT2D eigenvalue weighted by Gasteiger charge is 2.09. The number of amides is 1. The monoisotopic (exact) mass is 260 g/mol. The molecule has 3 nitrogen and oxygen atoms in total. The molecule has 0 saturated heterocycles. The third-order valence-electron chi connectivity index (χ3n) is 2.26. The minimum absolute atomic E-state index is 0.0828. The molecule has 0 aliphatic heterocycles. The van der Waals surface area contributed by atoms with Gasteiger partial charge in [-0.05, 0) is 25.5 Å². The maximum Gasteiger partial charge on any atom is 0.252 e. The van der Waals surface area contributed by atoms with Crippen LogP contribution in [-0.2, 0) is 0 Å². The van der Waals surface area contributed by atoms with Crippen LogP contribution in [0.4, 0.5) is 0 Å². The maximum atomic E-state index is 12.0. The van der Waals surface area contributed by atoms with Gasteiger partial charge in [0.2, 0.25) is 0 Å². The molecule has 1 aromatic carbocycles. The SMILES string of the molecule is C/C=C/CCNC(=O)c1ccccc1SCC#N. The fourth-order valence-electron chi connectivity index (χ4n) is 1.42. The van der Waals surface area contributed by atoms with Crippen molar-refractivity contribution in [3.8, 4) is 6.07 Å².